The van der Waals surface area contributed by atoms with Gasteiger partial charge in [0.1, 0.15) is 12.1 Å². The maximum Gasteiger partial charge on any atom is 0.408 e. The molecule has 0 saturated heterocycles. The van der Waals surface area contributed by atoms with E-state index in [9.17, 15) is 19.5 Å². The van der Waals surface area contributed by atoms with Gasteiger partial charge >= 0.3 is 12.1 Å². The third kappa shape index (κ3) is 5.82. The van der Waals surface area contributed by atoms with E-state index in [-0.39, 0.29) is 32.1 Å². The number of amides is 2. The van der Waals surface area contributed by atoms with Crippen molar-refractivity contribution in [2.24, 2.45) is 5.92 Å². The zero-order valence-corrected chi connectivity index (χ0v) is 20.5. The molecule has 2 unspecified atom stereocenters. The van der Waals surface area contributed by atoms with Crippen LogP contribution in [-0.4, -0.2) is 55.5 Å². The normalized spacial score (nSPS) is 14.8. The van der Waals surface area contributed by atoms with Crippen LogP contribution < -0.4 is 10.6 Å². The Morgan fingerprint density at radius 1 is 1.03 bits per heavy atom. The molecule has 0 aromatic heterocycles. The first-order chi connectivity index (χ1) is 16.9. The second-order valence-corrected chi connectivity index (χ2v) is 8.85. The monoisotopic (exact) mass is 482 g/mol. The third-order valence-corrected chi connectivity index (χ3v) is 6.61. The van der Waals surface area contributed by atoms with E-state index in [1.54, 1.807) is 6.92 Å². The molecule has 0 saturated carbocycles. The van der Waals surface area contributed by atoms with Crippen molar-refractivity contribution in [2.75, 3.05) is 26.9 Å². The van der Waals surface area contributed by atoms with Gasteiger partial charge in [0.15, 0.2) is 0 Å². The minimum absolute atomic E-state index is 0.0279. The van der Waals surface area contributed by atoms with Crippen LogP contribution in [0.2, 0.25) is 0 Å². The summed E-state index contributed by atoms with van der Waals surface area (Å²) < 4.78 is 10.9. The van der Waals surface area contributed by atoms with Crippen molar-refractivity contribution in [1.29, 1.82) is 0 Å². The molecule has 0 fully saturated rings. The lowest BCUT2D eigenvalue weighted by Gasteiger charge is -2.32. The number of ether oxygens (including phenoxy) is 2. The van der Waals surface area contributed by atoms with Crippen LogP contribution >= 0.6 is 0 Å². The Hall–Kier alpha value is -3.39. The summed E-state index contributed by atoms with van der Waals surface area (Å²) in [6.45, 7) is 3.65. The Balaban J connectivity index is 1.69. The van der Waals surface area contributed by atoms with Crippen molar-refractivity contribution >= 4 is 18.0 Å². The number of carbonyl (C=O) groups is 3. The smallest absolute Gasteiger partial charge is 0.408 e. The number of hydrogen-bond donors (Lipinski definition) is 3. The number of carboxylic acid groups (broad SMARTS) is 1. The van der Waals surface area contributed by atoms with Gasteiger partial charge in [-0.05, 0) is 35.1 Å². The first-order valence-corrected chi connectivity index (χ1v) is 12.0. The number of carbonyl (C=O) groups excluding carboxylic acids is 2. The number of rotatable bonds is 12. The molecule has 1 aliphatic carbocycles. The number of benzene rings is 2. The Labute approximate surface area is 206 Å². The highest BCUT2D eigenvalue weighted by atomic mass is 16.5. The molecule has 0 radical (unpaired) electrons. The van der Waals surface area contributed by atoms with E-state index in [0.29, 0.717) is 12.8 Å². The molecule has 0 spiro atoms. The maximum absolute atomic E-state index is 13.1. The summed E-state index contributed by atoms with van der Waals surface area (Å²) in [7, 11) is 1.44. The fraction of sp³-hybridized carbons (Fsp3) is 0.444. The summed E-state index contributed by atoms with van der Waals surface area (Å²) in [5, 5.41) is 14.7. The van der Waals surface area contributed by atoms with Gasteiger partial charge in [0.05, 0.1) is 12.5 Å². The lowest BCUT2D eigenvalue weighted by molar-refractivity contribution is -0.142. The number of carboxylic acids is 1. The minimum Gasteiger partial charge on any atom is -0.481 e. The van der Waals surface area contributed by atoms with Crippen LogP contribution in [-0.2, 0) is 19.1 Å². The number of nitrogens with one attached hydrogen (secondary N) is 2. The molecule has 0 heterocycles. The summed E-state index contributed by atoms with van der Waals surface area (Å²) >= 11 is 0. The highest BCUT2D eigenvalue weighted by Crippen LogP contribution is 2.44. The number of aliphatic carboxylic acids is 1. The molecule has 8 heteroatoms. The SMILES string of the molecule is CCCC(CNC(=O)C(CC)(COC)NC(=O)OCC1c2ccccc2-c2ccccc21)C(=O)O. The predicted octanol–water partition coefficient (Wildman–Crippen LogP) is 3.94. The number of fused-ring (bicyclic) bond motifs is 3. The van der Waals surface area contributed by atoms with Gasteiger partial charge in [-0.15, -0.1) is 0 Å². The van der Waals surface area contributed by atoms with E-state index >= 15 is 0 Å². The summed E-state index contributed by atoms with van der Waals surface area (Å²) in [5.74, 6) is -2.27. The largest absolute Gasteiger partial charge is 0.481 e. The Morgan fingerprint density at radius 3 is 2.14 bits per heavy atom. The number of hydrogen-bond acceptors (Lipinski definition) is 5. The Kier molecular flexibility index (Phi) is 8.87. The van der Waals surface area contributed by atoms with E-state index in [1.807, 2.05) is 43.3 Å². The third-order valence-electron chi connectivity index (χ3n) is 6.61. The molecule has 2 amide bonds. The number of methoxy groups -OCH3 is 1. The van der Waals surface area contributed by atoms with Crippen LogP contribution in [0.15, 0.2) is 48.5 Å². The maximum atomic E-state index is 13.1. The van der Waals surface area contributed by atoms with Crippen molar-refractivity contribution in [3.8, 4) is 11.1 Å². The molecule has 1 aliphatic rings. The first-order valence-electron chi connectivity index (χ1n) is 12.0. The van der Waals surface area contributed by atoms with Gasteiger partial charge < -0.3 is 25.2 Å². The van der Waals surface area contributed by atoms with Crippen LogP contribution in [0.4, 0.5) is 4.79 Å². The van der Waals surface area contributed by atoms with Crippen LogP contribution in [0.5, 0.6) is 0 Å². The zero-order chi connectivity index (χ0) is 25.4. The molecule has 2 atom stereocenters. The zero-order valence-electron chi connectivity index (χ0n) is 20.5. The molecule has 3 rings (SSSR count). The van der Waals surface area contributed by atoms with E-state index < -0.39 is 29.4 Å². The minimum atomic E-state index is -1.38. The summed E-state index contributed by atoms with van der Waals surface area (Å²) in [6, 6.07) is 16.1. The van der Waals surface area contributed by atoms with E-state index in [2.05, 4.69) is 22.8 Å². The Bertz CT molecular complexity index is 1010. The van der Waals surface area contributed by atoms with Gasteiger partial charge in [0.2, 0.25) is 5.91 Å². The molecule has 8 nitrogen and oxygen atoms in total. The summed E-state index contributed by atoms with van der Waals surface area (Å²) in [4.78, 5) is 37.4. The predicted molar refractivity (Wildman–Crippen MR) is 132 cm³/mol. The first kappa shape index (κ1) is 26.2. The molecule has 188 valence electrons. The lowest BCUT2D eigenvalue weighted by Crippen LogP contribution is -2.62. The summed E-state index contributed by atoms with van der Waals surface area (Å²) in [5.41, 5.74) is 3.05. The van der Waals surface area contributed by atoms with Gasteiger partial charge in [-0.3, -0.25) is 9.59 Å². The highest BCUT2D eigenvalue weighted by molar-refractivity contribution is 5.90. The van der Waals surface area contributed by atoms with E-state index in [4.69, 9.17) is 9.47 Å². The molecule has 3 N–H and O–H groups in total. The van der Waals surface area contributed by atoms with Crippen LogP contribution in [0, 0.1) is 5.92 Å². The standard InChI is InChI=1S/C27H34N2O6/c1-4-10-18(24(30)31)15-28-25(32)27(5-2,17-34-3)29-26(33)35-16-23-21-13-8-6-11-19(21)20-12-7-9-14-22(20)23/h6-9,11-14,18,23H,4-5,10,15-17H2,1-3H3,(H,28,32)(H,29,33)(H,30,31). The van der Waals surface area contributed by atoms with Gasteiger partial charge in [-0.1, -0.05) is 68.8 Å². The number of alkyl carbamates (subject to hydrolysis) is 1. The molecule has 0 aliphatic heterocycles. The fourth-order valence-electron chi connectivity index (χ4n) is 4.63. The van der Waals surface area contributed by atoms with Crippen molar-refractivity contribution in [3.63, 3.8) is 0 Å². The highest BCUT2D eigenvalue weighted by Gasteiger charge is 2.40. The van der Waals surface area contributed by atoms with E-state index in [1.165, 1.54) is 7.11 Å². The molecular weight excluding hydrogens is 448 g/mol. The van der Waals surface area contributed by atoms with Crippen LogP contribution in [0.25, 0.3) is 11.1 Å². The van der Waals surface area contributed by atoms with Gasteiger partial charge in [0.25, 0.3) is 0 Å². The fourth-order valence-corrected chi connectivity index (χ4v) is 4.63. The summed E-state index contributed by atoms with van der Waals surface area (Å²) in [6.07, 6.45) is 0.632. The van der Waals surface area contributed by atoms with Crippen LogP contribution in [0.1, 0.15) is 50.2 Å². The van der Waals surface area contributed by atoms with Crippen molar-refractivity contribution < 1.29 is 29.0 Å². The molecular formula is C27H34N2O6. The second-order valence-electron chi connectivity index (χ2n) is 8.85. The topological polar surface area (TPSA) is 114 Å². The molecule has 35 heavy (non-hydrogen) atoms. The van der Waals surface area contributed by atoms with Gasteiger partial charge in [-0.2, -0.15) is 0 Å². The quantitative estimate of drug-likeness (QED) is 0.422. The van der Waals surface area contributed by atoms with Gasteiger partial charge in [0, 0.05) is 19.6 Å². The molecule has 2 aromatic rings. The van der Waals surface area contributed by atoms with Crippen molar-refractivity contribution in [3.05, 3.63) is 59.7 Å². The van der Waals surface area contributed by atoms with Crippen molar-refractivity contribution in [2.45, 2.75) is 44.6 Å². The average molecular weight is 483 g/mol. The van der Waals surface area contributed by atoms with E-state index in [0.717, 1.165) is 22.3 Å². The second kappa shape index (κ2) is 11.8. The average Bonchev–Trinajstić information content (AvgIpc) is 3.18. The van der Waals surface area contributed by atoms with Crippen LogP contribution in [0.3, 0.4) is 0 Å². The molecule has 0 bridgehead atoms. The molecule has 2 aromatic carbocycles. The Morgan fingerprint density at radius 2 is 1.63 bits per heavy atom. The van der Waals surface area contributed by atoms with Gasteiger partial charge in [-0.25, -0.2) is 4.79 Å². The lowest BCUT2D eigenvalue weighted by atomic mass is 9.95. The van der Waals surface area contributed by atoms with Crippen molar-refractivity contribution in [1.82, 2.24) is 10.6 Å².